The summed E-state index contributed by atoms with van der Waals surface area (Å²) >= 11 is 3.34. The molecule has 0 radical (unpaired) electrons. The van der Waals surface area contributed by atoms with Gasteiger partial charge in [0.1, 0.15) is 0 Å². The number of methoxy groups -OCH3 is 1. The molecule has 1 aromatic heterocycles. The first-order chi connectivity index (χ1) is 7.90. The van der Waals surface area contributed by atoms with E-state index in [0.29, 0.717) is 18.5 Å². The van der Waals surface area contributed by atoms with Crippen molar-refractivity contribution in [2.45, 2.75) is 38.1 Å². The Bertz CT molecular complexity index is 435. The third kappa shape index (κ3) is 3.64. The van der Waals surface area contributed by atoms with Gasteiger partial charge in [0.15, 0.2) is 0 Å². The highest BCUT2D eigenvalue weighted by atomic mass is 79.9. The molecule has 0 aliphatic rings. The molecule has 96 valence electrons. The minimum absolute atomic E-state index is 0.0491. The van der Waals surface area contributed by atoms with E-state index in [9.17, 15) is 4.79 Å². The number of halogens is 1. The lowest BCUT2D eigenvalue weighted by molar-refractivity contribution is 0.181. The summed E-state index contributed by atoms with van der Waals surface area (Å²) in [7, 11) is 1.62. The molecule has 0 unspecified atom stereocenters. The third-order valence-electron chi connectivity index (χ3n) is 2.47. The molecular formula is C12H19BrN2O2. The van der Waals surface area contributed by atoms with Crippen LogP contribution in [0.4, 0.5) is 0 Å². The molecule has 17 heavy (non-hydrogen) atoms. The van der Waals surface area contributed by atoms with Crippen LogP contribution in [0, 0.1) is 0 Å². The topological polar surface area (TPSA) is 44.1 Å². The Morgan fingerprint density at radius 2 is 2.12 bits per heavy atom. The second kappa shape index (κ2) is 5.78. The van der Waals surface area contributed by atoms with Gasteiger partial charge in [-0.1, -0.05) is 36.7 Å². The standard InChI is InChI=1S/C12H19BrN2O2/c1-12(2,3)10-7-9(8-13)11(16)15(14-10)5-6-17-4/h7H,5-6,8H2,1-4H3. The van der Waals surface area contributed by atoms with Gasteiger partial charge in [-0.3, -0.25) is 4.79 Å². The van der Waals surface area contributed by atoms with Crippen molar-refractivity contribution < 1.29 is 4.74 Å². The highest BCUT2D eigenvalue weighted by molar-refractivity contribution is 9.08. The van der Waals surface area contributed by atoms with Crippen molar-refractivity contribution in [3.8, 4) is 0 Å². The Balaban J connectivity index is 3.24. The Morgan fingerprint density at radius 1 is 1.47 bits per heavy atom. The molecule has 1 aromatic rings. The molecule has 0 aromatic carbocycles. The molecular weight excluding hydrogens is 284 g/mol. The molecule has 0 atom stereocenters. The largest absolute Gasteiger partial charge is 0.383 e. The van der Waals surface area contributed by atoms with Crippen molar-refractivity contribution in [2.24, 2.45) is 0 Å². The van der Waals surface area contributed by atoms with E-state index in [1.807, 2.05) is 6.07 Å². The second-order valence-corrected chi connectivity index (χ2v) is 5.52. The molecule has 0 saturated carbocycles. The van der Waals surface area contributed by atoms with E-state index < -0.39 is 0 Å². The molecule has 0 N–H and O–H groups in total. The van der Waals surface area contributed by atoms with E-state index in [-0.39, 0.29) is 11.0 Å². The van der Waals surface area contributed by atoms with Crippen LogP contribution >= 0.6 is 15.9 Å². The summed E-state index contributed by atoms with van der Waals surface area (Å²) in [6.45, 7) is 7.22. The minimum Gasteiger partial charge on any atom is -0.383 e. The van der Waals surface area contributed by atoms with Gasteiger partial charge in [0.25, 0.3) is 5.56 Å². The summed E-state index contributed by atoms with van der Waals surface area (Å²) in [4.78, 5) is 12.0. The van der Waals surface area contributed by atoms with Gasteiger partial charge >= 0.3 is 0 Å². The van der Waals surface area contributed by atoms with Crippen LogP contribution in [0.3, 0.4) is 0 Å². The number of nitrogens with zero attached hydrogens (tertiary/aromatic N) is 2. The predicted molar refractivity (Wildman–Crippen MR) is 71.7 cm³/mol. The number of hydrogen-bond donors (Lipinski definition) is 0. The smallest absolute Gasteiger partial charge is 0.270 e. The summed E-state index contributed by atoms with van der Waals surface area (Å²) in [5, 5.41) is 4.94. The monoisotopic (exact) mass is 302 g/mol. The average Bonchev–Trinajstić information content (AvgIpc) is 2.26. The predicted octanol–water partition coefficient (Wildman–Crippen LogP) is 2.08. The summed E-state index contributed by atoms with van der Waals surface area (Å²) in [5.74, 6) is 0. The van der Waals surface area contributed by atoms with Crippen molar-refractivity contribution in [2.75, 3.05) is 13.7 Å². The van der Waals surface area contributed by atoms with E-state index in [0.717, 1.165) is 11.3 Å². The SMILES string of the molecule is COCCn1nc(C(C)(C)C)cc(CBr)c1=O. The summed E-state index contributed by atoms with van der Waals surface area (Å²) in [6.07, 6.45) is 0. The number of aromatic nitrogens is 2. The zero-order valence-corrected chi connectivity index (χ0v) is 12.4. The third-order valence-corrected chi connectivity index (χ3v) is 3.07. The fraction of sp³-hybridized carbons (Fsp3) is 0.667. The highest BCUT2D eigenvalue weighted by Crippen LogP contribution is 2.19. The highest BCUT2D eigenvalue weighted by Gasteiger charge is 2.18. The maximum Gasteiger partial charge on any atom is 0.270 e. The van der Waals surface area contributed by atoms with Crippen LogP contribution in [-0.4, -0.2) is 23.5 Å². The van der Waals surface area contributed by atoms with Gasteiger partial charge in [-0.05, 0) is 6.07 Å². The number of ether oxygens (including phenoxy) is 1. The van der Waals surface area contributed by atoms with E-state index in [2.05, 4.69) is 41.8 Å². The van der Waals surface area contributed by atoms with Crippen LogP contribution in [0.5, 0.6) is 0 Å². The average molecular weight is 303 g/mol. The molecule has 0 aliphatic carbocycles. The van der Waals surface area contributed by atoms with Crippen LogP contribution in [0.15, 0.2) is 10.9 Å². The molecule has 0 aliphatic heterocycles. The first kappa shape index (κ1) is 14.4. The summed E-state index contributed by atoms with van der Waals surface area (Å²) in [6, 6.07) is 1.88. The Morgan fingerprint density at radius 3 is 2.59 bits per heavy atom. The molecule has 0 fully saturated rings. The Hall–Kier alpha value is -0.680. The Kier molecular flexibility index (Phi) is 4.89. The van der Waals surface area contributed by atoms with E-state index in [1.54, 1.807) is 7.11 Å². The maximum atomic E-state index is 12.0. The summed E-state index contributed by atoms with van der Waals surface area (Å²) in [5.41, 5.74) is 1.54. The lowest BCUT2D eigenvalue weighted by Gasteiger charge is -2.19. The van der Waals surface area contributed by atoms with Gasteiger partial charge < -0.3 is 4.74 Å². The fourth-order valence-corrected chi connectivity index (χ4v) is 1.79. The van der Waals surface area contributed by atoms with Gasteiger partial charge in [-0.15, -0.1) is 0 Å². The van der Waals surface area contributed by atoms with E-state index in [4.69, 9.17) is 4.74 Å². The van der Waals surface area contributed by atoms with E-state index in [1.165, 1.54) is 4.68 Å². The van der Waals surface area contributed by atoms with Gasteiger partial charge in [-0.2, -0.15) is 5.10 Å². The number of hydrogen-bond acceptors (Lipinski definition) is 3. The van der Waals surface area contributed by atoms with Gasteiger partial charge in [0.05, 0.1) is 18.8 Å². The normalized spacial score (nSPS) is 11.8. The molecule has 1 rings (SSSR count). The van der Waals surface area contributed by atoms with Crippen LogP contribution < -0.4 is 5.56 Å². The first-order valence-electron chi connectivity index (χ1n) is 5.56. The van der Waals surface area contributed by atoms with Crippen molar-refractivity contribution in [1.82, 2.24) is 9.78 Å². The quantitative estimate of drug-likeness (QED) is 0.800. The molecule has 0 amide bonds. The minimum atomic E-state index is -0.0700. The molecule has 5 heteroatoms. The lowest BCUT2D eigenvalue weighted by atomic mass is 9.91. The zero-order valence-electron chi connectivity index (χ0n) is 10.8. The number of alkyl halides is 1. The van der Waals surface area contributed by atoms with Crippen molar-refractivity contribution in [1.29, 1.82) is 0 Å². The molecule has 0 bridgehead atoms. The zero-order chi connectivity index (χ0) is 13.1. The first-order valence-corrected chi connectivity index (χ1v) is 6.68. The molecule has 0 spiro atoms. The second-order valence-electron chi connectivity index (χ2n) is 4.96. The van der Waals surface area contributed by atoms with Gasteiger partial charge in [0, 0.05) is 23.4 Å². The fourth-order valence-electron chi connectivity index (χ4n) is 1.39. The number of rotatable bonds is 4. The van der Waals surface area contributed by atoms with Crippen molar-refractivity contribution in [3.05, 3.63) is 27.7 Å². The molecule has 4 nitrogen and oxygen atoms in total. The van der Waals surface area contributed by atoms with Gasteiger partial charge in [0.2, 0.25) is 0 Å². The Labute approximate surface area is 110 Å². The van der Waals surface area contributed by atoms with Gasteiger partial charge in [-0.25, -0.2) is 4.68 Å². The van der Waals surface area contributed by atoms with Crippen LogP contribution in [-0.2, 0) is 22.0 Å². The lowest BCUT2D eigenvalue weighted by Crippen LogP contribution is -2.31. The van der Waals surface area contributed by atoms with E-state index >= 15 is 0 Å². The summed E-state index contributed by atoms with van der Waals surface area (Å²) < 4.78 is 6.48. The maximum absolute atomic E-state index is 12.0. The van der Waals surface area contributed by atoms with Crippen molar-refractivity contribution in [3.63, 3.8) is 0 Å². The van der Waals surface area contributed by atoms with Crippen LogP contribution in [0.1, 0.15) is 32.0 Å². The molecule has 0 saturated heterocycles. The van der Waals surface area contributed by atoms with Crippen molar-refractivity contribution >= 4 is 15.9 Å². The van der Waals surface area contributed by atoms with Crippen LogP contribution in [0.2, 0.25) is 0 Å². The molecule has 1 heterocycles. The van der Waals surface area contributed by atoms with Crippen LogP contribution in [0.25, 0.3) is 0 Å².